The van der Waals surface area contributed by atoms with E-state index in [0.29, 0.717) is 5.69 Å². The van der Waals surface area contributed by atoms with Crippen molar-refractivity contribution >= 4 is 22.5 Å². The third kappa shape index (κ3) is 3.19. The standard InChI is InChI=1S/C21H16FN3O/c22-16-5-7-18(8-6-16)25-14-15(19-3-1-2-4-20(19)25)13-21(26)24-17-9-11-23-12-10-17/h1-12,14H,13H2,(H,23,24,26). The number of nitrogens with zero attached hydrogens (tertiary/aromatic N) is 2. The molecule has 1 N–H and O–H groups in total. The molecule has 0 aliphatic carbocycles. The van der Waals surface area contributed by atoms with Crippen LogP contribution in [0.25, 0.3) is 16.6 Å². The maximum atomic E-state index is 13.2. The summed E-state index contributed by atoms with van der Waals surface area (Å²) >= 11 is 0. The van der Waals surface area contributed by atoms with Gasteiger partial charge in [0.25, 0.3) is 0 Å². The number of hydrogen-bond donors (Lipinski definition) is 1. The SMILES string of the molecule is O=C(Cc1cn(-c2ccc(F)cc2)c2ccccc12)Nc1ccncc1. The van der Waals surface area contributed by atoms with E-state index >= 15 is 0 Å². The van der Waals surface area contributed by atoms with E-state index in [-0.39, 0.29) is 18.1 Å². The molecule has 128 valence electrons. The first kappa shape index (κ1) is 16.0. The number of rotatable bonds is 4. The molecular formula is C21H16FN3O. The van der Waals surface area contributed by atoms with E-state index in [1.165, 1.54) is 12.1 Å². The minimum atomic E-state index is -0.276. The normalized spacial score (nSPS) is 10.8. The summed E-state index contributed by atoms with van der Waals surface area (Å²) in [5.41, 5.74) is 3.46. The number of nitrogens with one attached hydrogen (secondary N) is 1. The van der Waals surface area contributed by atoms with Gasteiger partial charge in [-0.15, -0.1) is 0 Å². The molecule has 1 amide bonds. The fourth-order valence-electron chi connectivity index (χ4n) is 3.02. The van der Waals surface area contributed by atoms with Crippen molar-refractivity contribution < 1.29 is 9.18 Å². The van der Waals surface area contributed by atoms with Crippen molar-refractivity contribution in [3.05, 3.63) is 90.6 Å². The monoisotopic (exact) mass is 345 g/mol. The van der Waals surface area contributed by atoms with E-state index in [0.717, 1.165) is 22.2 Å². The second-order valence-corrected chi connectivity index (χ2v) is 5.98. The molecule has 0 bridgehead atoms. The molecule has 0 saturated carbocycles. The molecule has 0 spiro atoms. The fraction of sp³-hybridized carbons (Fsp3) is 0.0476. The lowest BCUT2D eigenvalue weighted by Crippen LogP contribution is -2.14. The van der Waals surface area contributed by atoms with Crippen molar-refractivity contribution in [2.24, 2.45) is 0 Å². The van der Waals surface area contributed by atoms with Crippen molar-refractivity contribution in [2.45, 2.75) is 6.42 Å². The Hall–Kier alpha value is -3.47. The molecule has 4 aromatic rings. The van der Waals surface area contributed by atoms with Crippen molar-refractivity contribution in [1.82, 2.24) is 9.55 Å². The van der Waals surface area contributed by atoms with Crippen LogP contribution in [0.5, 0.6) is 0 Å². The van der Waals surface area contributed by atoms with Gasteiger partial charge in [-0.2, -0.15) is 0 Å². The second kappa shape index (κ2) is 6.80. The third-order valence-electron chi connectivity index (χ3n) is 4.21. The van der Waals surface area contributed by atoms with E-state index in [4.69, 9.17) is 0 Å². The van der Waals surface area contributed by atoms with Gasteiger partial charge in [0.05, 0.1) is 11.9 Å². The summed E-state index contributed by atoms with van der Waals surface area (Å²) in [5.74, 6) is -0.375. The highest BCUT2D eigenvalue weighted by atomic mass is 19.1. The summed E-state index contributed by atoms with van der Waals surface area (Å²) in [4.78, 5) is 16.4. The van der Waals surface area contributed by atoms with E-state index in [2.05, 4.69) is 10.3 Å². The molecule has 0 atom stereocenters. The molecule has 0 unspecified atom stereocenters. The maximum Gasteiger partial charge on any atom is 0.228 e. The molecule has 2 aromatic carbocycles. The Labute approximate surface area is 149 Å². The summed E-state index contributed by atoms with van der Waals surface area (Å²) in [6.45, 7) is 0. The van der Waals surface area contributed by atoms with Crippen molar-refractivity contribution in [2.75, 3.05) is 5.32 Å². The largest absolute Gasteiger partial charge is 0.326 e. The minimum absolute atomic E-state index is 0.0989. The average Bonchev–Trinajstić information content (AvgIpc) is 3.02. The van der Waals surface area contributed by atoms with Crippen LogP contribution in [0.2, 0.25) is 0 Å². The van der Waals surface area contributed by atoms with Crippen LogP contribution >= 0.6 is 0 Å². The molecule has 0 aliphatic heterocycles. The summed E-state index contributed by atoms with van der Waals surface area (Å²) in [5, 5.41) is 3.88. The lowest BCUT2D eigenvalue weighted by atomic mass is 10.1. The number of carbonyl (C=O) groups is 1. The molecule has 0 radical (unpaired) electrons. The predicted octanol–water partition coefficient (Wildman–Crippen LogP) is 4.35. The summed E-state index contributed by atoms with van der Waals surface area (Å²) in [7, 11) is 0. The Kier molecular flexibility index (Phi) is 4.19. The molecule has 4 nitrogen and oxygen atoms in total. The van der Waals surface area contributed by atoms with E-state index < -0.39 is 0 Å². The minimum Gasteiger partial charge on any atom is -0.326 e. The molecule has 5 heteroatoms. The van der Waals surface area contributed by atoms with Crippen LogP contribution < -0.4 is 5.32 Å². The molecule has 4 rings (SSSR count). The van der Waals surface area contributed by atoms with Gasteiger partial charge in [0.1, 0.15) is 5.82 Å². The van der Waals surface area contributed by atoms with Crippen LogP contribution in [0.1, 0.15) is 5.56 Å². The Morgan fingerprint density at radius 2 is 1.73 bits per heavy atom. The van der Waals surface area contributed by atoms with Gasteiger partial charge in [0, 0.05) is 35.4 Å². The molecule has 0 saturated heterocycles. The summed E-state index contributed by atoms with van der Waals surface area (Å²) < 4.78 is 15.2. The fourth-order valence-corrected chi connectivity index (χ4v) is 3.02. The van der Waals surface area contributed by atoms with Crippen LogP contribution in [0.15, 0.2) is 79.3 Å². The smallest absolute Gasteiger partial charge is 0.228 e. The van der Waals surface area contributed by atoms with Crippen LogP contribution in [0, 0.1) is 5.82 Å². The predicted molar refractivity (Wildman–Crippen MR) is 99.8 cm³/mol. The number of hydrogen-bond acceptors (Lipinski definition) is 2. The Balaban J connectivity index is 1.67. The zero-order chi connectivity index (χ0) is 17.9. The van der Waals surface area contributed by atoms with Crippen LogP contribution in [0.3, 0.4) is 0 Å². The quantitative estimate of drug-likeness (QED) is 0.598. The van der Waals surface area contributed by atoms with Crippen molar-refractivity contribution in [3.8, 4) is 5.69 Å². The molecular weight excluding hydrogens is 329 g/mol. The lowest BCUT2D eigenvalue weighted by molar-refractivity contribution is -0.115. The summed E-state index contributed by atoms with van der Waals surface area (Å²) in [6, 6.07) is 17.7. The number of para-hydroxylation sites is 1. The van der Waals surface area contributed by atoms with Crippen LogP contribution in [-0.4, -0.2) is 15.5 Å². The van der Waals surface area contributed by atoms with Gasteiger partial charge in [-0.25, -0.2) is 4.39 Å². The van der Waals surface area contributed by atoms with Crippen LogP contribution in [-0.2, 0) is 11.2 Å². The Bertz CT molecular complexity index is 1060. The number of anilines is 1. The number of halogens is 1. The molecule has 0 aliphatic rings. The van der Waals surface area contributed by atoms with Gasteiger partial charge < -0.3 is 9.88 Å². The molecule has 26 heavy (non-hydrogen) atoms. The van der Waals surface area contributed by atoms with E-state index in [9.17, 15) is 9.18 Å². The zero-order valence-electron chi connectivity index (χ0n) is 13.9. The zero-order valence-corrected chi connectivity index (χ0v) is 13.9. The topological polar surface area (TPSA) is 46.9 Å². The van der Waals surface area contributed by atoms with Gasteiger partial charge in [-0.05, 0) is 48.0 Å². The first-order valence-electron chi connectivity index (χ1n) is 8.25. The Morgan fingerprint density at radius 3 is 2.50 bits per heavy atom. The number of pyridine rings is 1. The van der Waals surface area contributed by atoms with Gasteiger partial charge >= 0.3 is 0 Å². The lowest BCUT2D eigenvalue weighted by Gasteiger charge is -2.04. The van der Waals surface area contributed by atoms with Gasteiger partial charge in [0.15, 0.2) is 0 Å². The number of benzene rings is 2. The highest BCUT2D eigenvalue weighted by molar-refractivity contribution is 5.96. The first-order chi connectivity index (χ1) is 12.7. The number of aromatic nitrogens is 2. The molecule has 0 fully saturated rings. The van der Waals surface area contributed by atoms with Gasteiger partial charge in [-0.3, -0.25) is 9.78 Å². The summed E-state index contributed by atoms with van der Waals surface area (Å²) in [6.07, 6.45) is 5.45. The third-order valence-corrected chi connectivity index (χ3v) is 4.21. The van der Waals surface area contributed by atoms with Crippen molar-refractivity contribution in [1.29, 1.82) is 0 Å². The number of carbonyl (C=O) groups excluding carboxylic acids is 1. The molecule has 2 aromatic heterocycles. The molecule has 2 heterocycles. The van der Waals surface area contributed by atoms with E-state index in [1.807, 2.05) is 35.0 Å². The van der Waals surface area contributed by atoms with Gasteiger partial charge in [-0.1, -0.05) is 18.2 Å². The van der Waals surface area contributed by atoms with E-state index in [1.54, 1.807) is 36.7 Å². The number of fused-ring (bicyclic) bond motifs is 1. The highest BCUT2D eigenvalue weighted by Crippen LogP contribution is 2.25. The van der Waals surface area contributed by atoms with Gasteiger partial charge in [0.2, 0.25) is 5.91 Å². The Morgan fingerprint density at radius 1 is 1.00 bits per heavy atom. The van der Waals surface area contributed by atoms with Crippen molar-refractivity contribution in [3.63, 3.8) is 0 Å². The van der Waals surface area contributed by atoms with Crippen LogP contribution in [0.4, 0.5) is 10.1 Å². The maximum absolute atomic E-state index is 13.2. The first-order valence-corrected chi connectivity index (χ1v) is 8.25. The highest BCUT2D eigenvalue weighted by Gasteiger charge is 2.13. The number of amides is 1. The second-order valence-electron chi connectivity index (χ2n) is 5.98. The average molecular weight is 345 g/mol.